The molecule has 1 saturated heterocycles. The van der Waals surface area contributed by atoms with E-state index >= 15 is 0 Å². The summed E-state index contributed by atoms with van der Waals surface area (Å²) in [7, 11) is 0. The second kappa shape index (κ2) is 7.97. The number of aromatic nitrogens is 3. The maximum Gasteiger partial charge on any atom is 0.255 e. The van der Waals surface area contributed by atoms with E-state index in [2.05, 4.69) is 21.9 Å². The Morgan fingerprint density at radius 1 is 1.21 bits per heavy atom. The standard InChI is InChI=1S/C18H22N4O2/c1-2-9-24-16-5-7-22(8-6-16)18(23)14-3-4-17(21-12-14)15-10-19-13-20-11-15/h3-4,10-13,16H,2,5-9H2,1H3. The molecule has 1 fully saturated rings. The number of hydrogen-bond donors (Lipinski definition) is 0. The monoisotopic (exact) mass is 326 g/mol. The quantitative estimate of drug-likeness (QED) is 0.845. The number of carbonyl (C=O) groups excluding carboxylic acids is 1. The van der Waals surface area contributed by atoms with Gasteiger partial charge >= 0.3 is 0 Å². The zero-order chi connectivity index (χ0) is 16.8. The van der Waals surface area contributed by atoms with Gasteiger partial charge < -0.3 is 9.64 Å². The molecule has 24 heavy (non-hydrogen) atoms. The predicted molar refractivity (Wildman–Crippen MR) is 90.4 cm³/mol. The van der Waals surface area contributed by atoms with Crippen LogP contribution in [0.15, 0.2) is 37.1 Å². The number of ether oxygens (including phenoxy) is 1. The maximum atomic E-state index is 12.6. The number of piperidine rings is 1. The van der Waals surface area contributed by atoms with E-state index in [1.807, 2.05) is 17.0 Å². The molecule has 126 valence electrons. The van der Waals surface area contributed by atoms with Gasteiger partial charge in [0, 0.05) is 43.9 Å². The van der Waals surface area contributed by atoms with Crippen LogP contribution in [0.1, 0.15) is 36.5 Å². The maximum absolute atomic E-state index is 12.6. The second-order valence-corrected chi connectivity index (χ2v) is 5.92. The van der Waals surface area contributed by atoms with Gasteiger partial charge in [-0.1, -0.05) is 6.92 Å². The Kier molecular flexibility index (Phi) is 5.48. The first-order valence-corrected chi connectivity index (χ1v) is 8.40. The van der Waals surface area contributed by atoms with E-state index in [-0.39, 0.29) is 12.0 Å². The summed E-state index contributed by atoms with van der Waals surface area (Å²) in [5.41, 5.74) is 2.22. The van der Waals surface area contributed by atoms with E-state index in [9.17, 15) is 4.79 Å². The first kappa shape index (κ1) is 16.5. The van der Waals surface area contributed by atoms with Gasteiger partial charge in [0.05, 0.1) is 17.4 Å². The topological polar surface area (TPSA) is 68.2 Å². The average Bonchev–Trinajstić information content (AvgIpc) is 2.67. The van der Waals surface area contributed by atoms with Crippen LogP contribution >= 0.6 is 0 Å². The first-order chi connectivity index (χ1) is 11.8. The van der Waals surface area contributed by atoms with E-state index in [1.54, 1.807) is 18.6 Å². The summed E-state index contributed by atoms with van der Waals surface area (Å²) in [5.74, 6) is 0.0345. The van der Waals surface area contributed by atoms with Crippen molar-refractivity contribution >= 4 is 5.91 Å². The van der Waals surface area contributed by atoms with Crippen LogP contribution in [0.2, 0.25) is 0 Å². The van der Waals surface area contributed by atoms with Crippen LogP contribution in [-0.2, 0) is 4.74 Å². The number of hydrogen-bond acceptors (Lipinski definition) is 5. The smallest absolute Gasteiger partial charge is 0.255 e. The SMILES string of the molecule is CCCOC1CCN(C(=O)c2ccc(-c3cncnc3)nc2)CC1. The van der Waals surface area contributed by atoms with Crippen molar-refractivity contribution in [2.24, 2.45) is 0 Å². The minimum absolute atomic E-state index is 0.0345. The number of rotatable bonds is 5. The fraction of sp³-hybridized carbons (Fsp3) is 0.444. The molecule has 1 aliphatic rings. The highest BCUT2D eigenvalue weighted by Crippen LogP contribution is 2.18. The zero-order valence-electron chi connectivity index (χ0n) is 13.9. The van der Waals surface area contributed by atoms with Gasteiger partial charge in [0.25, 0.3) is 5.91 Å². The minimum Gasteiger partial charge on any atom is -0.378 e. The molecule has 3 rings (SSSR count). The summed E-state index contributed by atoms with van der Waals surface area (Å²) >= 11 is 0. The number of likely N-dealkylation sites (tertiary alicyclic amines) is 1. The lowest BCUT2D eigenvalue weighted by Gasteiger charge is -2.32. The van der Waals surface area contributed by atoms with E-state index < -0.39 is 0 Å². The van der Waals surface area contributed by atoms with Gasteiger partial charge in [-0.2, -0.15) is 0 Å². The molecular formula is C18H22N4O2. The van der Waals surface area contributed by atoms with Gasteiger partial charge in [-0.05, 0) is 31.4 Å². The van der Waals surface area contributed by atoms with Gasteiger partial charge in [-0.25, -0.2) is 9.97 Å². The van der Waals surface area contributed by atoms with Crippen molar-refractivity contribution < 1.29 is 9.53 Å². The second-order valence-electron chi connectivity index (χ2n) is 5.92. The number of pyridine rings is 1. The summed E-state index contributed by atoms with van der Waals surface area (Å²) in [6.45, 7) is 4.38. The number of carbonyl (C=O) groups is 1. The molecule has 0 atom stereocenters. The molecule has 0 aliphatic carbocycles. The molecule has 3 heterocycles. The van der Waals surface area contributed by atoms with Crippen LogP contribution in [0.25, 0.3) is 11.3 Å². The largest absolute Gasteiger partial charge is 0.378 e. The highest BCUT2D eigenvalue weighted by molar-refractivity contribution is 5.94. The lowest BCUT2D eigenvalue weighted by Crippen LogP contribution is -2.41. The highest BCUT2D eigenvalue weighted by Gasteiger charge is 2.24. The summed E-state index contributed by atoms with van der Waals surface area (Å²) < 4.78 is 5.77. The number of nitrogens with zero attached hydrogens (tertiary/aromatic N) is 4. The molecule has 0 spiro atoms. The molecule has 0 radical (unpaired) electrons. The Hall–Kier alpha value is -2.34. The fourth-order valence-electron chi connectivity index (χ4n) is 2.82. The summed E-state index contributed by atoms with van der Waals surface area (Å²) in [4.78, 5) is 26.8. The average molecular weight is 326 g/mol. The third-order valence-electron chi connectivity index (χ3n) is 4.15. The zero-order valence-corrected chi connectivity index (χ0v) is 13.9. The molecule has 0 N–H and O–H groups in total. The Balaban J connectivity index is 1.60. The molecule has 2 aromatic heterocycles. The Labute approximate surface area is 141 Å². The Morgan fingerprint density at radius 3 is 2.58 bits per heavy atom. The predicted octanol–water partition coefficient (Wildman–Crippen LogP) is 2.57. The molecule has 6 heteroatoms. The van der Waals surface area contributed by atoms with E-state index in [4.69, 9.17) is 4.74 Å². The lowest BCUT2D eigenvalue weighted by atomic mass is 10.1. The minimum atomic E-state index is 0.0345. The first-order valence-electron chi connectivity index (χ1n) is 8.40. The summed E-state index contributed by atoms with van der Waals surface area (Å²) in [6.07, 6.45) is 9.64. The van der Waals surface area contributed by atoms with Gasteiger partial charge in [-0.15, -0.1) is 0 Å². The van der Waals surface area contributed by atoms with Crippen LogP contribution in [0.4, 0.5) is 0 Å². The van der Waals surface area contributed by atoms with Crippen molar-refractivity contribution in [3.05, 3.63) is 42.6 Å². The van der Waals surface area contributed by atoms with Crippen LogP contribution in [0, 0.1) is 0 Å². The van der Waals surface area contributed by atoms with Crippen LogP contribution in [-0.4, -0.2) is 51.6 Å². The molecule has 6 nitrogen and oxygen atoms in total. The van der Waals surface area contributed by atoms with Crippen molar-refractivity contribution in [3.8, 4) is 11.3 Å². The van der Waals surface area contributed by atoms with Crippen molar-refractivity contribution in [2.45, 2.75) is 32.3 Å². The van der Waals surface area contributed by atoms with Crippen molar-refractivity contribution in [2.75, 3.05) is 19.7 Å². The van der Waals surface area contributed by atoms with E-state index in [0.717, 1.165) is 50.2 Å². The molecule has 1 aliphatic heterocycles. The third-order valence-corrected chi connectivity index (χ3v) is 4.15. The van der Waals surface area contributed by atoms with E-state index in [1.165, 1.54) is 6.33 Å². The molecule has 0 saturated carbocycles. The van der Waals surface area contributed by atoms with Crippen LogP contribution < -0.4 is 0 Å². The Morgan fingerprint density at radius 2 is 1.96 bits per heavy atom. The van der Waals surface area contributed by atoms with Crippen molar-refractivity contribution in [1.82, 2.24) is 19.9 Å². The van der Waals surface area contributed by atoms with Gasteiger partial charge in [-0.3, -0.25) is 9.78 Å². The van der Waals surface area contributed by atoms with Gasteiger partial charge in [0.2, 0.25) is 0 Å². The molecular weight excluding hydrogens is 304 g/mol. The molecule has 0 bridgehead atoms. The highest BCUT2D eigenvalue weighted by atomic mass is 16.5. The van der Waals surface area contributed by atoms with Crippen molar-refractivity contribution in [3.63, 3.8) is 0 Å². The fourth-order valence-corrected chi connectivity index (χ4v) is 2.82. The van der Waals surface area contributed by atoms with Crippen LogP contribution in [0.3, 0.4) is 0 Å². The summed E-state index contributed by atoms with van der Waals surface area (Å²) in [6, 6.07) is 3.65. The molecule has 1 amide bonds. The summed E-state index contributed by atoms with van der Waals surface area (Å²) in [5, 5.41) is 0. The normalized spacial score (nSPS) is 15.5. The lowest BCUT2D eigenvalue weighted by molar-refractivity contribution is 0.00900. The third kappa shape index (κ3) is 3.94. The van der Waals surface area contributed by atoms with Gasteiger partial charge in [0.15, 0.2) is 0 Å². The van der Waals surface area contributed by atoms with Gasteiger partial charge in [0.1, 0.15) is 6.33 Å². The van der Waals surface area contributed by atoms with E-state index in [0.29, 0.717) is 5.56 Å². The molecule has 2 aromatic rings. The van der Waals surface area contributed by atoms with Crippen LogP contribution in [0.5, 0.6) is 0 Å². The molecule has 0 aromatic carbocycles. The van der Waals surface area contributed by atoms with Crippen molar-refractivity contribution in [1.29, 1.82) is 0 Å². The molecule has 0 unspecified atom stereocenters. The Bertz CT molecular complexity index is 652. The number of amides is 1.